The number of phosphoric ester groups is 1. The van der Waals surface area contributed by atoms with E-state index in [-0.39, 0.29) is 23.5 Å². The Morgan fingerprint density at radius 2 is 1.88 bits per heavy atom. The molecule has 1 saturated carbocycles. The first-order valence-electron chi connectivity index (χ1n) is 9.13. The number of aromatic amines is 1. The number of phosphoric acid groups is 3. The summed E-state index contributed by atoms with van der Waals surface area (Å²) in [7, 11) is -16.3. The molecule has 6 atom stereocenters. The summed E-state index contributed by atoms with van der Waals surface area (Å²) in [4.78, 5) is 58.1. The van der Waals surface area contributed by atoms with E-state index in [1.54, 1.807) is 13.8 Å². The van der Waals surface area contributed by atoms with Gasteiger partial charge in [0, 0.05) is 5.41 Å². The zero-order valence-corrected chi connectivity index (χ0v) is 19.8. The van der Waals surface area contributed by atoms with Crippen molar-refractivity contribution in [3.8, 4) is 0 Å². The monoisotopic (exact) mass is 533 g/mol. The lowest BCUT2D eigenvalue weighted by molar-refractivity contribution is 0.141. The van der Waals surface area contributed by atoms with Crippen LogP contribution in [-0.4, -0.2) is 56.9 Å². The molecule has 8 N–H and O–H groups in total. The molecule has 2 heterocycles. The number of rotatable bonds is 10. The Bertz CT molecular complexity index is 1260. The van der Waals surface area contributed by atoms with Gasteiger partial charge in [-0.25, -0.2) is 18.7 Å². The third kappa shape index (κ3) is 5.96. The first-order chi connectivity index (χ1) is 14.9. The van der Waals surface area contributed by atoms with Gasteiger partial charge in [0.15, 0.2) is 11.2 Å². The molecule has 186 valence electrons. The summed E-state index contributed by atoms with van der Waals surface area (Å²) < 4.78 is 47.3. The molecule has 0 saturated heterocycles. The molecule has 0 radical (unpaired) electrons. The molecule has 17 nitrogen and oxygen atoms in total. The maximum Gasteiger partial charge on any atom is 0.490 e. The van der Waals surface area contributed by atoms with Crippen LogP contribution >= 0.6 is 23.5 Å². The molecule has 0 bridgehead atoms. The number of imidazole rings is 1. The summed E-state index contributed by atoms with van der Waals surface area (Å²) in [5, 5.41) is 10.5. The summed E-state index contributed by atoms with van der Waals surface area (Å²) in [6.07, 6.45) is 0.654. The number of H-pyrrole nitrogens is 1. The Hall–Kier alpha value is -1.48. The number of hydrogen-bond acceptors (Lipinski definition) is 11. The SMILES string of the molecule is C[C@H](COP(=O)(O)OP(=O)(O)OP(=O)(O)O)C[C@]1(C)C(n2cnc3c(=O)[nH]c(N)nc32)[C@@H]1O. The third-order valence-corrected chi connectivity index (χ3v) is 8.82. The van der Waals surface area contributed by atoms with Crippen LogP contribution < -0.4 is 11.3 Å². The number of nitrogens with two attached hydrogens (primary N) is 1. The highest BCUT2D eigenvalue weighted by molar-refractivity contribution is 7.66. The number of aliphatic hydroxyl groups excluding tert-OH is 1. The van der Waals surface area contributed by atoms with Crippen molar-refractivity contribution in [2.45, 2.75) is 32.4 Å². The van der Waals surface area contributed by atoms with Gasteiger partial charge in [-0.3, -0.25) is 14.3 Å². The molecular formula is C13H22N5O12P3. The van der Waals surface area contributed by atoms with E-state index in [2.05, 4.69) is 28.1 Å². The lowest BCUT2D eigenvalue weighted by Crippen LogP contribution is -2.15. The van der Waals surface area contributed by atoms with Crippen molar-refractivity contribution in [3.63, 3.8) is 0 Å². The van der Waals surface area contributed by atoms with Gasteiger partial charge in [0.25, 0.3) is 5.56 Å². The number of nitrogens with zero attached hydrogens (tertiary/aromatic N) is 3. The van der Waals surface area contributed by atoms with Crippen molar-refractivity contribution < 1.29 is 51.5 Å². The Morgan fingerprint density at radius 3 is 2.48 bits per heavy atom. The number of aliphatic hydroxyl groups is 1. The average molecular weight is 533 g/mol. The molecule has 2 aromatic rings. The lowest BCUT2D eigenvalue weighted by Gasteiger charge is -2.20. The standard InChI is InChI=1S/C13H22N5O12P3/c1-6(4-28-32(24,25)30-33(26,27)29-31(21,22)23)3-13(2)8(9(13)19)18-5-15-7-10(18)16-12(14)17-11(7)20/h5-6,8-9,19H,3-4H2,1-2H3,(H,24,25)(H,26,27)(H2,21,22,23)(H3,14,16,17,20)/t6-,8?,9-,13+/m0/s1. The van der Waals surface area contributed by atoms with Gasteiger partial charge in [0.05, 0.1) is 25.1 Å². The summed E-state index contributed by atoms with van der Waals surface area (Å²) in [6.45, 7) is 2.81. The van der Waals surface area contributed by atoms with E-state index in [1.807, 2.05) is 0 Å². The Morgan fingerprint density at radius 1 is 1.24 bits per heavy atom. The van der Waals surface area contributed by atoms with Gasteiger partial charge in [-0.2, -0.15) is 13.6 Å². The number of aromatic nitrogens is 4. The maximum atomic E-state index is 11.9. The quantitative estimate of drug-likeness (QED) is 0.198. The molecule has 1 aliphatic rings. The maximum absolute atomic E-state index is 11.9. The fourth-order valence-corrected chi connectivity index (χ4v) is 6.85. The fraction of sp³-hybridized carbons (Fsp3) is 0.615. The van der Waals surface area contributed by atoms with Crippen molar-refractivity contribution in [3.05, 3.63) is 16.7 Å². The van der Waals surface area contributed by atoms with Gasteiger partial charge >= 0.3 is 23.5 Å². The van der Waals surface area contributed by atoms with Gasteiger partial charge in [-0.1, -0.05) is 13.8 Å². The van der Waals surface area contributed by atoms with Gasteiger partial charge in [-0.15, -0.1) is 0 Å². The summed E-state index contributed by atoms with van der Waals surface area (Å²) >= 11 is 0. The minimum absolute atomic E-state index is 0.0337. The van der Waals surface area contributed by atoms with Crippen LogP contribution in [0.25, 0.3) is 11.2 Å². The van der Waals surface area contributed by atoms with Crippen molar-refractivity contribution in [1.29, 1.82) is 0 Å². The second-order valence-corrected chi connectivity index (χ2v) is 12.3. The van der Waals surface area contributed by atoms with Crippen molar-refractivity contribution in [1.82, 2.24) is 19.5 Å². The van der Waals surface area contributed by atoms with E-state index < -0.39 is 59.1 Å². The Balaban J connectivity index is 1.65. The second kappa shape index (κ2) is 8.63. The fourth-order valence-electron chi connectivity index (χ4n) is 3.71. The minimum Gasteiger partial charge on any atom is -0.390 e. The zero-order valence-electron chi connectivity index (χ0n) is 17.1. The van der Waals surface area contributed by atoms with Crippen LogP contribution in [0.2, 0.25) is 0 Å². The van der Waals surface area contributed by atoms with Crippen LogP contribution in [0.3, 0.4) is 0 Å². The summed E-state index contributed by atoms with van der Waals surface area (Å²) in [5.41, 5.74) is 4.45. The normalized spacial score (nSPS) is 27.7. The summed E-state index contributed by atoms with van der Waals surface area (Å²) in [5.74, 6) is -0.647. The molecule has 1 aliphatic carbocycles. The highest BCUT2D eigenvalue weighted by Crippen LogP contribution is 2.66. The zero-order chi connectivity index (χ0) is 25.0. The lowest BCUT2D eigenvalue weighted by atomic mass is 9.94. The van der Waals surface area contributed by atoms with Crippen LogP contribution in [0.4, 0.5) is 5.95 Å². The van der Waals surface area contributed by atoms with Crippen molar-refractivity contribution in [2.24, 2.45) is 11.3 Å². The molecule has 33 heavy (non-hydrogen) atoms. The largest absolute Gasteiger partial charge is 0.490 e. The van der Waals surface area contributed by atoms with Crippen LogP contribution in [0, 0.1) is 11.3 Å². The molecule has 2 aromatic heterocycles. The molecule has 0 amide bonds. The van der Waals surface area contributed by atoms with E-state index in [1.165, 1.54) is 10.9 Å². The average Bonchev–Trinajstić information content (AvgIpc) is 2.94. The molecular weight excluding hydrogens is 511 g/mol. The predicted octanol–water partition coefficient (Wildman–Crippen LogP) is -0.00680. The molecule has 0 aromatic carbocycles. The van der Waals surface area contributed by atoms with Gasteiger partial charge in [0.2, 0.25) is 5.95 Å². The van der Waals surface area contributed by atoms with Crippen LogP contribution in [0.5, 0.6) is 0 Å². The van der Waals surface area contributed by atoms with Crippen LogP contribution in [0.15, 0.2) is 11.1 Å². The molecule has 0 spiro atoms. The van der Waals surface area contributed by atoms with Crippen LogP contribution in [0.1, 0.15) is 26.3 Å². The first-order valence-corrected chi connectivity index (χ1v) is 13.6. The molecule has 3 rings (SSSR count). The summed E-state index contributed by atoms with van der Waals surface area (Å²) in [6, 6.07) is -0.551. The number of hydrogen-bond donors (Lipinski definition) is 7. The Labute approximate surface area is 185 Å². The highest BCUT2D eigenvalue weighted by Gasteiger charge is 2.62. The second-order valence-electron chi connectivity index (χ2n) is 7.87. The molecule has 0 aliphatic heterocycles. The third-order valence-electron chi connectivity index (χ3n) is 5.02. The van der Waals surface area contributed by atoms with Gasteiger partial charge < -0.3 is 35.0 Å². The minimum atomic E-state index is -5.61. The van der Waals surface area contributed by atoms with E-state index in [0.717, 1.165) is 0 Å². The van der Waals surface area contributed by atoms with Crippen molar-refractivity contribution >= 4 is 40.6 Å². The number of nitrogen functional groups attached to an aromatic ring is 1. The number of nitrogens with one attached hydrogen (secondary N) is 1. The predicted molar refractivity (Wildman–Crippen MR) is 109 cm³/mol. The topological polar surface area (TPSA) is 270 Å². The van der Waals surface area contributed by atoms with E-state index in [4.69, 9.17) is 15.5 Å². The molecule has 1 fully saturated rings. The number of anilines is 1. The molecule has 3 unspecified atom stereocenters. The smallest absolute Gasteiger partial charge is 0.390 e. The van der Waals surface area contributed by atoms with Gasteiger partial charge in [0.1, 0.15) is 0 Å². The Kier molecular flexibility index (Phi) is 6.83. The van der Waals surface area contributed by atoms with Crippen molar-refractivity contribution in [2.75, 3.05) is 12.3 Å². The van der Waals surface area contributed by atoms with E-state index in [9.17, 15) is 33.4 Å². The van der Waals surface area contributed by atoms with Gasteiger partial charge in [-0.05, 0) is 12.3 Å². The highest BCUT2D eigenvalue weighted by atomic mass is 31.3. The number of fused-ring (bicyclic) bond motifs is 1. The van der Waals surface area contributed by atoms with E-state index >= 15 is 0 Å². The first kappa shape index (κ1) is 26.1. The van der Waals surface area contributed by atoms with E-state index in [0.29, 0.717) is 0 Å². The van der Waals surface area contributed by atoms with Crippen LogP contribution in [-0.2, 0) is 26.8 Å². The molecule has 20 heteroatoms.